The molecule has 1 aromatic carbocycles. The number of hydrogen-bond donors (Lipinski definition) is 2. The molecule has 2 aliphatic rings. The van der Waals surface area contributed by atoms with E-state index in [1.54, 1.807) is 0 Å². The Kier molecular flexibility index (Phi) is 6.93. The Labute approximate surface area is 158 Å². The number of piperidine rings is 1. The Bertz CT molecular complexity index is 588. The lowest BCUT2D eigenvalue weighted by Gasteiger charge is -2.28. The molecular weight excluding hydrogens is 332 g/mol. The third-order valence-corrected chi connectivity index (χ3v) is 5.68. The number of hydrogen-bond acceptors (Lipinski definition) is 2. The molecule has 0 radical (unpaired) electrons. The van der Waals surface area contributed by atoms with Crippen molar-refractivity contribution in [2.24, 2.45) is 5.92 Å². The maximum Gasteiger partial charge on any atom is 0.224 e. The molecule has 0 spiro atoms. The van der Waals surface area contributed by atoms with E-state index in [2.05, 4.69) is 56.5 Å². The predicted octanol–water partition coefficient (Wildman–Crippen LogP) is 5.21. The number of anilines is 1. The van der Waals surface area contributed by atoms with Crippen LogP contribution in [0.1, 0.15) is 82.8 Å². The molecule has 2 atom stereocenters. The fraction of sp³-hybridized carbons (Fsp3) is 0.667. The molecule has 2 N–H and O–H groups in total. The molecule has 0 aromatic heterocycles. The van der Waals surface area contributed by atoms with Crippen molar-refractivity contribution in [3.05, 3.63) is 29.3 Å². The second-order valence-corrected chi connectivity index (χ2v) is 8.38. The first kappa shape index (κ1) is 20.3. The van der Waals surface area contributed by atoms with Crippen molar-refractivity contribution in [2.75, 3.05) is 5.32 Å². The van der Waals surface area contributed by atoms with Gasteiger partial charge in [0.1, 0.15) is 0 Å². The normalized spacial score (nSPS) is 25.1. The van der Waals surface area contributed by atoms with Gasteiger partial charge in [0.25, 0.3) is 0 Å². The van der Waals surface area contributed by atoms with Gasteiger partial charge in [0.15, 0.2) is 0 Å². The van der Waals surface area contributed by atoms with Crippen molar-refractivity contribution in [1.29, 1.82) is 0 Å². The number of amides is 1. The highest BCUT2D eigenvalue weighted by molar-refractivity contribution is 5.91. The smallest absolute Gasteiger partial charge is 0.224 e. The lowest BCUT2D eigenvalue weighted by Crippen LogP contribution is -2.39. The molecule has 1 aromatic rings. The number of fused-ring (bicyclic) bond motifs is 2. The number of benzene rings is 1. The molecule has 2 fully saturated rings. The third-order valence-electron chi connectivity index (χ3n) is 5.68. The summed E-state index contributed by atoms with van der Waals surface area (Å²) >= 11 is 0. The molecule has 2 heterocycles. The zero-order valence-electron chi connectivity index (χ0n) is 16.0. The van der Waals surface area contributed by atoms with Crippen LogP contribution in [0.5, 0.6) is 0 Å². The summed E-state index contributed by atoms with van der Waals surface area (Å²) in [5.74, 6) is 1.65. The summed E-state index contributed by atoms with van der Waals surface area (Å²) in [7, 11) is 0. The van der Waals surface area contributed by atoms with E-state index in [1.807, 2.05) is 0 Å². The minimum absolute atomic E-state index is 0. The quantitative estimate of drug-likeness (QED) is 0.752. The van der Waals surface area contributed by atoms with Gasteiger partial charge in [0, 0.05) is 24.2 Å². The van der Waals surface area contributed by atoms with E-state index >= 15 is 0 Å². The van der Waals surface area contributed by atoms with E-state index in [4.69, 9.17) is 0 Å². The van der Waals surface area contributed by atoms with E-state index in [9.17, 15) is 4.79 Å². The molecule has 1 amide bonds. The summed E-state index contributed by atoms with van der Waals surface area (Å²) in [6.07, 6.45) is 5.56. The van der Waals surface area contributed by atoms with Crippen LogP contribution in [0, 0.1) is 5.92 Å². The Morgan fingerprint density at radius 2 is 1.76 bits per heavy atom. The molecule has 2 bridgehead atoms. The van der Waals surface area contributed by atoms with Gasteiger partial charge in [-0.2, -0.15) is 0 Å². The molecule has 4 heteroatoms. The van der Waals surface area contributed by atoms with Gasteiger partial charge < -0.3 is 10.6 Å². The molecule has 2 unspecified atom stereocenters. The van der Waals surface area contributed by atoms with Crippen LogP contribution in [-0.2, 0) is 4.79 Å². The maximum absolute atomic E-state index is 12.6. The fourth-order valence-corrected chi connectivity index (χ4v) is 4.34. The number of rotatable bonds is 5. The van der Waals surface area contributed by atoms with Gasteiger partial charge in [-0.3, -0.25) is 4.79 Å². The van der Waals surface area contributed by atoms with Crippen LogP contribution in [0.15, 0.2) is 18.2 Å². The summed E-state index contributed by atoms with van der Waals surface area (Å²) in [5.41, 5.74) is 3.59. The third kappa shape index (κ3) is 4.98. The van der Waals surface area contributed by atoms with Gasteiger partial charge in [-0.15, -0.1) is 12.4 Å². The van der Waals surface area contributed by atoms with Gasteiger partial charge in [-0.25, -0.2) is 0 Å². The molecule has 0 aliphatic carbocycles. The first-order valence-electron chi connectivity index (χ1n) is 9.62. The van der Waals surface area contributed by atoms with E-state index in [0.717, 1.165) is 18.5 Å². The summed E-state index contributed by atoms with van der Waals surface area (Å²) in [5, 5.41) is 6.85. The van der Waals surface area contributed by atoms with Crippen molar-refractivity contribution in [3.63, 3.8) is 0 Å². The number of carbonyl (C=O) groups is 1. The fourth-order valence-electron chi connectivity index (χ4n) is 4.34. The summed E-state index contributed by atoms with van der Waals surface area (Å²) < 4.78 is 0. The number of nitrogens with one attached hydrogen (secondary N) is 2. The average molecular weight is 365 g/mol. The molecule has 3 nitrogen and oxygen atoms in total. The van der Waals surface area contributed by atoms with E-state index < -0.39 is 0 Å². The monoisotopic (exact) mass is 364 g/mol. The lowest BCUT2D eigenvalue weighted by atomic mass is 9.89. The van der Waals surface area contributed by atoms with Crippen LogP contribution in [0.25, 0.3) is 0 Å². The van der Waals surface area contributed by atoms with E-state index in [-0.39, 0.29) is 18.3 Å². The van der Waals surface area contributed by atoms with Gasteiger partial charge in [-0.05, 0) is 60.6 Å². The Morgan fingerprint density at radius 3 is 2.32 bits per heavy atom. The second kappa shape index (κ2) is 8.55. The van der Waals surface area contributed by atoms with Crippen molar-refractivity contribution in [2.45, 2.75) is 83.7 Å². The van der Waals surface area contributed by atoms with Crippen LogP contribution < -0.4 is 10.6 Å². The molecular formula is C21H33ClN2O. The van der Waals surface area contributed by atoms with Crippen LogP contribution in [0.2, 0.25) is 0 Å². The molecule has 140 valence electrons. The predicted molar refractivity (Wildman–Crippen MR) is 108 cm³/mol. The van der Waals surface area contributed by atoms with Gasteiger partial charge in [0.2, 0.25) is 5.91 Å². The van der Waals surface area contributed by atoms with Crippen molar-refractivity contribution < 1.29 is 4.79 Å². The van der Waals surface area contributed by atoms with Crippen molar-refractivity contribution in [1.82, 2.24) is 5.32 Å². The minimum Gasteiger partial charge on any atom is -0.326 e. The maximum atomic E-state index is 12.6. The molecule has 0 saturated carbocycles. The van der Waals surface area contributed by atoms with E-state index in [0.29, 0.717) is 36.3 Å². The van der Waals surface area contributed by atoms with Crippen LogP contribution in [0.3, 0.4) is 0 Å². The van der Waals surface area contributed by atoms with Gasteiger partial charge in [0.05, 0.1) is 0 Å². The topological polar surface area (TPSA) is 41.1 Å². The standard InChI is InChI=1S/C21H32N2O.ClH/c1-13(2)16-5-8-20(19(12-16)14(3)4)23-21(24)11-15-9-17-6-7-18(10-15)22-17;/h5,8,12-15,17-18,22H,6-7,9-11H2,1-4H3,(H,23,24);1H. The minimum atomic E-state index is 0. The highest BCUT2D eigenvalue weighted by atomic mass is 35.5. The van der Waals surface area contributed by atoms with Crippen molar-refractivity contribution >= 4 is 24.0 Å². The van der Waals surface area contributed by atoms with Gasteiger partial charge >= 0.3 is 0 Å². The highest BCUT2D eigenvalue weighted by Crippen LogP contribution is 2.33. The summed E-state index contributed by atoms with van der Waals surface area (Å²) in [6.45, 7) is 8.81. The number of halogens is 1. The van der Waals surface area contributed by atoms with Gasteiger partial charge in [-0.1, -0.05) is 39.8 Å². The average Bonchev–Trinajstić information content (AvgIpc) is 2.85. The van der Waals surface area contributed by atoms with Crippen LogP contribution in [0.4, 0.5) is 5.69 Å². The first-order valence-corrected chi connectivity index (χ1v) is 9.62. The largest absolute Gasteiger partial charge is 0.326 e. The van der Waals surface area contributed by atoms with E-state index in [1.165, 1.54) is 24.0 Å². The summed E-state index contributed by atoms with van der Waals surface area (Å²) in [6, 6.07) is 7.80. The lowest BCUT2D eigenvalue weighted by molar-refractivity contribution is -0.117. The second-order valence-electron chi connectivity index (χ2n) is 8.38. The molecule has 25 heavy (non-hydrogen) atoms. The van der Waals surface area contributed by atoms with Crippen molar-refractivity contribution in [3.8, 4) is 0 Å². The SMILES string of the molecule is CC(C)c1ccc(NC(=O)CC2CC3CCC(C2)N3)c(C(C)C)c1.Cl. The van der Waals surface area contributed by atoms with Crippen LogP contribution >= 0.6 is 12.4 Å². The highest BCUT2D eigenvalue weighted by Gasteiger charge is 2.34. The molecule has 2 saturated heterocycles. The number of carbonyl (C=O) groups excluding carboxylic acids is 1. The van der Waals surface area contributed by atoms with Crippen LogP contribution in [-0.4, -0.2) is 18.0 Å². The Morgan fingerprint density at radius 1 is 1.12 bits per heavy atom. The first-order chi connectivity index (χ1) is 11.4. The zero-order chi connectivity index (χ0) is 17.3. The summed E-state index contributed by atoms with van der Waals surface area (Å²) in [4.78, 5) is 12.6. The Hall–Kier alpha value is -1.06. The molecule has 2 aliphatic heterocycles. The zero-order valence-corrected chi connectivity index (χ0v) is 16.8. The molecule has 3 rings (SSSR count). The Balaban J connectivity index is 0.00000225.